The summed E-state index contributed by atoms with van der Waals surface area (Å²) in [4.78, 5) is 31.5. The van der Waals surface area contributed by atoms with E-state index >= 15 is 0 Å². The third-order valence-electron chi connectivity index (χ3n) is 3.95. The first kappa shape index (κ1) is 19.4. The van der Waals surface area contributed by atoms with E-state index in [-0.39, 0.29) is 24.8 Å². The van der Waals surface area contributed by atoms with Crippen LogP contribution in [0.4, 0.5) is 11.5 Å². The second-order valence-corrected chi connectivity index (χ2v) is 6.59. The number of hydrogen-bond donors (Lipinski definition) is 1. The Labute approximate surface area is 154 Å². The molecular formula is C20H25N3O3. The van der Waals surface area contributed by atoms with Crippen molar-refractivity contribution in [1.82, 2.24) is 9.88 Å². The van der Waals surface area contributed by atoms with Gasteiger partial charge in [-0.25, -0.2) is 4.98 Å². The maximum absolute atomic E-state index is 12.7. The number of aliphatic carboxylic acids is 1. The van der Waals surface area contributed by atoms with Crippen molar-refractivity contribution >= 4 is 23.4 Å². The average Bonchev–Trinajstić information content (AvgIpc) is 2.64. The lowest BCUT2D eigenvalue weighted by atomic mass is 10.1. The van der Waals surface area contributed by atoms with Gasteiger partial charge >= 0.3 is 5.97 Å². The fourth-order valence-corrected chi connectivity index (χ4v) is 2.62. The molecule has 2 aromatic rings. The average molecular weight is 355 g/mol. The molecule has 138 valence electrons. The van der Waals surface area contributed by atoms with Gasteiger partial charge in [-0.15, -0.1) is 0 Å². The van der Waals surface area contributed by atoms with Crippen LogP contribution >= 0.6 is 0 Å². The smallest absolute Gasteiger partial charge is 0.305 e. The molecule has 0 radical (unpaired) electrons. The maximum Gasteiger partial charge on any atom is 0.305 e. The van der Waals surface area contributed by atoms with Gasteiger partial charge in [-0.05, 0) is 30.2 Å². The second kappa shape index (κ2) is 8.99. The number of amides is 1. The van der Waals surface area contributed by atoms with Gasteiger partial charge < -0.3 is 14.9 Å². The van der Waals surface area contributed by atoms with Gasteiger partial charge in [-0.2, -0.15) is 0 Å². The molecule has 0 aliphatic rings. The van der Waals surface area contributed by atoms with Crippen molar-refractivity contribution < 1.29 is 14.7 Å². The first-order chi connectivity index (χ1) is 12.4. The minimum Gasteiger partial charge on any atom is -0.481 e. The zero-order valence-electron chi connectivity index (χ0n) is 15.4. The van der Waals surface area contributed by atoms with E-state index in [1.54, 1.807) is 23.2 Å². The number of hydrogen-bond acceptors (Lipinski definition) is 4. The molecule has 0 fully saturated rings. The van der Waals surface area contributed by atoms with Crippen molar-refractivity contribution in [2.75, 3.05) is 25.0 Å². The van der Waals surface area contributed by atoms with Gasteiger partial charge in [0, 0.05) is 32.0 Å². The second-order valence-electron chi connectivity index (χ2n) is 6.59. The summed E-state index contributed by atoms with van der Waals surface area (Å²) in [7, 11) is 1.91. The molecule has 0 atom stereocenters. The third kappa shape index (κ3) is 5.31. The Kier molecular flexibility index (Phi) is 6.72. The van der Waals surface area contributed by atoms with Crippen LogP contribution < -0.4 is 4.90 Å². The van der Waals surface area contributed by atoms with Crippen molar-refractivity contribution in [2.24, 2.45) is 5.92 Å². The summed E-state index contributed by atoms with van der Waals surface area (Å²) in [6.45, 7) is 4.70. The molecule has 0 aliphatic carbocycles. The van der Waals surface area contributed by atoms with Crippen LogP contribution in [0.3, 0.4) is 0 Å². The van der Waals surface area contributed by atoms with Crippen LogP contribution in [-0.4, -0.2) is 47.0 Å². The number of para-hydroxylation sites is 1. The Balaban J connectivity index is 2.14. The van der Waals surface area contributed by atoms with Gasteiger partial charge in [0.2, 0.25) is 0 Å². The first-order valence-corrected chi connectivity index (χ1v) is 8.64. The minimum atomic E-state index is -0.912. The van der Waals surface area contributed by atoms with Crippen molar-refractivity contribution in [3.63, 3.8) is 0 Å². The van der Waals surface area contributed by atoms with Gasteiger partial charge in [0.05, 0.1) is 12.0 Å². The normalized spacial score (nSPS) is 10.6. The number of carbonyl (C=O) groups is 2. The molecule has 1 aromatic heterocycles. The van der Waals surface area contributed by atoms with Gasteiger partial charge in [-0.1, -0.05) is 32.0 Å². The number of nitrogens with zero attached hydrogens (tertiary/aromatic N) is 3. The molecule has 0 saturated carbocycles. The van der Waals surface area contributed by atoms with Crippen LogP contribution in [-0.2, 0) is 4.79 Å². The third-order valence-corrected chi connectivity index (χ3v) is 3.95. The molecule has 2 rings (SSSR count). The van der Waals surface area contributed by atoms with E-state index in [1.807, 2.05) is 56.1 Å². The standard InChI is InChI=1S/C20H25N3O3/c1-15(2)14-23(12-11-19(24)25)20(26)16-9-10-18(21-13-16)22(3)17-7-5-4-6-8-17/h4-10,13,15H,11-12,14H2,1-3H3,(H,24,25). The SMILES string of the molecule is CC(C)CN(CCC(=O)O)C(=O)c1ccc(N(C)c2ccccc2)nc1. The molecular weight excluding hydrogens is 330 g/mol. The number of carboxylic acid groups (broad SMARTS) is 1. The molecule has 6 nitrogen and oxygen atoms in total. The summed E-state index contributed by atoms with van der Waals surface area (Å²) >= 11 is 0. The molecule has 0 bridgehead atoms. The number of carboxylic acids is 1. The van der Waals surface area contributed by atoms with Crippen LogP contribution in [0, 0.1) is 5.92 Å². The molecule has 0 unspecified atom stereocenters. The summed E-state index contributed by atoms with van der Waals surface area (Å²) in [6, 6.07) is 13.4. The molecule has 6 heteroatoms. The van der Waals surface area contributed by atoms with Crippen molar-refractivity contribution in [3.8, 4) is 0 Å². The zero-order valence-corrected chi connectivity index (χ0v) is 15.4. The lowest BCUT2D eigenvalue weighted by Gasteiger charge is -2.24. The molecule has 1 aromatic carbocycles. The van der Waals surface area contributed by atoms with E-state index in [9.17, 15) is 9.59 Å². The van der Waals surface area contributed by atoms with Gasteiger partial charge in [-0.3, -0.25) is 9.59 Å². The number of pyridine rings is 1. The summed E-state index contributed by atoms with van der Waals surface area (Å²) in [5.41, 5.74) is 1.46. The highest BCUT2D eigenvalue weighted by Gasteiger charge is 2.18. The molecule has 1 amide bonds. The van der Waals surface area contributed by atoms with Crippen LogP contribution in [0.5, 0.6) is 0 Å². The number of anilines is 2. The summed E-state index contributed by atoms with van der Waals surface area (Å²) in [5, 5.41) is 8.90. The molecule has 26 heavy (non-hydrogen) atoms. The molecule has 1 heterocycles. The highest BCUT2D eigenvalue weighted by atomic mass is 16.4. The van der Waals surface area contributed by atoms with E-state index < -0.39 is 5.97 Å². The van der Waals surface area contributed by atoms with Gasteiger partial charge in [0.25, 0.3) is 5.91 Å². The van der Waals surface area contributed by atoms with E-state index in [0.29, 0.717) is 12.1 Å². The zero-order chi connectivity index (χ0) is 19.1. The summed E-state index contributed by atoms with van der Waals surface area (Å²) in [5.74, 6) is -0.122. The molecule has 1 N–H and O–H groups in total. The highest BCUT2D eigenvalue weighted by Crippen LogP contribution is 2.21. The molecule has 0 aliphatic heterocycles. The Morgan fingerprint density at radius 2 is 1.81 bits per heavy atom. The predicted octanol–water partition coefficient (Wildman–Crippen LogP) is 3.42. The van der Waals surface area contributed by atoms with E-state index in [1.165, 1.54) is 0 Å². The highest BCUT2D eigenvalue weighted by molar-refractivity contribution is 5.94. The lowest BCUT2D eigenvalue weighted by Crippen LogP contribution is -2.36. The van der Waals surface area contributed by atoms with Crippen molar-refractivity contribution in [2.45, 2.75) is 20.3 Å². The summed E-state index contributed by atoms with van der Waals surface area (Å²) in [6.07, 6.45) is 1.48. The first-order valence-electron chi connectivity index (χ1n) is 8.64. The van der Waals surface area contributed by atoms with Crippen LogP contribution in [0.25, 0.3) is 0 Å². The minimum absolute atomic E-state index is 0.0687. The van der Waals surface area contributed by atoms with E-state index in [2.05, 4.69) is 4.98 Å². The Hall–Kier alpha value is -2.89. The Bertz CT molecular complexity index is 730. The van der Waals surface area contributed by atoms with Crippen LogP contribution in [0.2, 0.25) is 0 Å². The number of aromatic nitrogens is 1. The van der Waals surface area contributed by atoms with Crippen LogP contribution in [0.1, 0.15) is 30.6 Å². The predicted molar refractivity (Wildman–Crippen MR) is 102 cm³/mol. The van der Waals surface area contributed by atoms with Crippen molar-refractivity contribution in [1.29, 1.82) is 0 Å². The lowest BCUT2D eigenvalue weighted by molar-refractivity contribution is -0.137. The largest absolute Gasteiger partial charge is 0.481 e. The monoisotopic (exact) mass is 355 g/mol. The topological polar surface area (TPSA) is 73.7 Å². The Morgan fingerprint density at radius 1 is 1.12 bits per heavy atom. The van der Waals surface area contributed by atoms with Gasteiger partial charge in [0.15, 0.2) is 0 Å². The number of rotatable bonds is 8. The van der Waals surface area contributed by atoms with E-state index in [0.717, 1.165) is 11.5 Å². The number of carbonyl (C=O) groups excluding carboxylic acids is 1. The maximum atomic E-state index is 12.7. The fraction of sp³-hybridized carbons (Fsp3) is 0.350. The van der Waals surface area contributed by atoms with E-state index in [4.69, 9.17) is 5.11 Å². The van der Waals surface area contributed by atoms with Crippen LogP contribution in [0.15, 0.2) is 48.7 Å². The van der Waals surface area contributed by atoms with Gasteiger partial charge in [0.1, 0.15) is 5.82 Å². The van der Waals surface area contributed by atoms with Crippen molar-refractivity contribution in [3.05, 3.63) is 54.2 Å². The number of benzene rings is 1. The Morgan fingerprint density at radius 3 is 2.35 bits per heavy atom. The quantitative estimate of drug-likeness (QED) is 0.785. The fourth-order valence-electron chi connectivity index (χ4n) is 2.62. The molecule has 0 spiro atoms. The summed E-state index contributed by atoms with van der Waals surface area (Å²) < 4.78 is 0. The molecule has 0 saturated heterocycles.